The third-order valence-electron chi connectivity index (χ3n) is 4.83. The van der Waals surface area contributed by atoms with Crippen molar-refractivity contribution in [2.45, 2.75) is 89.8 Å². The highest BCUT2D eigenvalue weighted by Crippen LogP contribution is 2.33. The molecule has 3 N–H and O–H groups in total. The Balaban J connectivity index is 2.42. The third-order valence-corrected chi connectivity index (χ3v) is 4.83. The van der Waals surface area contributed by atoms with Crippen molar-refractivity contribution in [3.05, 3.63) is 0 Å². The van der Waals surface area contributed by atoms with Crippen LogP contribution in [0.25, 0.3) is 0 Å². The summed E-state index contributed by atoms with van der Waals surface area (Å²) >= 11 is 0. The zero-order chi connectivity index (χ0) is 18.7. The van der Waals surface area contributed by atoms with Gasteiger partial charge in [-0.05, 0) is 25.7 Å². The van der Waals surface area contributed by atoms with E-state index < -0.39 is 18.2 Å². The van der Waals surface area contributed by atoms with Crippen LogP contribution in [0.3, 0.4) is 0 Å². The monoisotopic (exact) mass is 352 g/mol. The molecule has 0 aliphatic heterocycles. The summed E-state index contributed by atoms with van der Waals surface area (Å²) in [6.07, 6.45) is 6.50. The number of hydrogen-bond donors (Lipinski definition) is 3. The summed E-state index contributed by atoms with van der Waals surface area (Å²) in [5.74, 6) is 4.41. The fourth-order valence-electron chi connectivity index (χ4n) is 3.34. The largest absolute Gasteiger partial charge is 0.481 e. The number of Topliss-reactive ketones (excluding diaryl/α,β-unsaturated/α-hetero) is 1. The van der Waals surface area contributed by atoms with Crippen molar-refractivity contribution in [1.29, 1.82) is 0 Å². The molecule has 4 atom stereocenters. The molecule has 0 aromatic rings. The Labute approximate surface area is 150 Å². The first-order valence-corrected chi connectivity index (χ1v) is 9.57. The number of aliphatic hydroxyl groups is 2. The molecule has 0 bridgehead atoms. The highest BCUT2D eigenvalue weighted by Gasteiger charge is 2.40. The lowest BCUT2D eigenvalue weighted by molar-refractivity contribution is -0.137. The number of carboxylic acids is 1. The molecule has 142 valence electrons. The molecule has 1 aliphatic carbocycles. The van der Waals surface area contributed by atoms with Gasteiger partial charge < -0.3 is 15.3 Å². The number of carboxylic acid groups (broad SMARTS) is 1. The van der Waals surface area contributed by atoms with Gasteiger partial charge in [-0.2, -0.15) is 0 Å². The summed E-state index contributed by atoms with van der Waals surface area (Å²) in [5, 5.41) is 28.6. The van der Waals surface area contributed by atoms with E-state index in [1.807, 2.05) is 0 Å². The normalized spacial score (nSPS) is 24.0. The predicted molar refractivity (Wildman–Crippen MR) is 95.9 cm³/mol. The Morgan fingerprint density at radius 3 is 2.60 bits per heavy atom. The molecule has 0 radical (unpaired) electrons. The smallest absolute Gasteiger partial charge is 0.303 e. The molecule has 0 aromatic heterocycles. The van der Waals surface area contributed by atoms with Crippen LogP contribution in [-0.4, -0.2) is 39.3 Å². The summed E-state index contributed by atoms with van der Waals surface area (Å²) in [6.45, 7) is 2.10. The Kier molecular flexibility index (Phi) is 10.4. The van der Waals surface area contributed by atoms with Crippen LogP contribution < -0.4 is 0 Å². The van der Waals surface area contributed by atoms with Crippen LogP contribution in [-0.2, 0) is 9.59 Å². The minimum Gasteiger partial charge on any atom is -0.481 e. The Morgan fingerprint density at radius 2 is 1.92 bits per heavy atom. The minimum absolute atomic E-state index is 0.0535. The molecule has 0 heterocycles. The molecule has 0 saturated heterocycles. The zero-order valence-corrected chi connectivity index (χ0v) is 15.2. The lowest BCUT2D eigenvalue weighted by atomic mass is 9.89. The van der Waals surface area contributed by atoms with Crippen molar-refractivity contribution in [3.8, 4) is 11.8 Å². The zero-order valence-electron chi connectivity index (χ0n) is 15.2. The van der Waals surface area contributed by atoms with Gasteiger partial charge in [-0.25, -0.2) is 0 Å². The van der Waals surface area contributed by atoms with Gasteiger partial charge in [0, 0.05) is 18.8 Å². The number of unbranched alkanes of at least 4 members (excludes halogenated alkanes) is 5. The molecule has 25 heavy (non-hydrogen) atoms. The maximum absolute atomic E-state index is 12.1. The van der Waals surface area contributed by atoms with E-state index in [9.17, 15) is 19.8 Å². The van der Waals surface area contributed by atoms with E-state index in [-0.39, 0.29) is 30.5 Å². The van der Waals surface area contributed by atoms with Crippen molar-refractivity contribution < 1.29 is 24.9 Å². The summed E-state index contributed by atoms with van der Waals surface area (Å²) in [7, 11) is 0. The van der Waals surface area contributed by atoms with E-state index in [2.05, 4.69) is 18.8 Å². The topological polar surface area (TPSA) is 94.8 Å². The number of ketones is 1. The first-order chi connectivity index (χ1) is 12.0. The second-order valence-corrected chi connectivity index (χ2v) is 7.02. The average molecular weight is 352 g/mol. The van der Waals surface area contributed by atoms with Crippen LogP contribution in [0.4, 0.5) is 0 Å². The maximum atomic E-state index is 12.1. The maximum Gasteiger partial charge on any atom is 0.303 e. The molecule has 1 aliphatic rings. The molecule has 0 amide bonds. The van der Waals surface area contributed by atoms with Crippen LogP contribution in [0.1, 0.15) is 77.6 Å². The number of aliphatic carboxylic acids is 1. The van der Waals surface area contributed by atoms with Crippen molar-refractivity contribution in [2.75, 3.05) is 0 Å². The van der Waals surface area contributed by atoms with Crippen LogP contribution in [0.5, 0.6) is 0 Å². The lowest BCUT2D eigenvalue weighted by Crippen LogP contribution is -2.19. The molecule has 1 fully saturated rings. The molecule has 5 heteroatoms. The number of aliphatic hydroxyl groups excluding tert-OH is 2. The van der Waals surface area contributed by atoms with Crippen molar-refractivity contribution in [2.24, 2.45) is 11.8 Å². The van der Waals surface area contributed by atoms with E-state index in [0.717, 1.165) is 38.5 Å². The number of carbonyl (C=O) groups excluding carboxylic acids is 1. The Bertz CT molecular complexity index is 476. The van der Waals surface area contributed by atoms with E-state index in [1.54, 1.807) is 0 Å². The summed E-state index contributed by atoms with van der Waals surface area (Å²) < 4.78 is 0. The van der Waals surface area contributed by atoms with Crippen LogP contribution in [0.2, 0.25) is 0 Å². The fourth-order valence-corrected chi connectivity index (χ4v) is 3.34. The van der Waals surface area contributed by atoms with Gasteiger partial charge in [-0.1, -0.05) is 50.9 Å². The Morgan fingerprint density at radius 1 is 1.20 bits per heavy atom. The van der Waals surface area contributed by atoms with E-state index in [1.165, 1.54) is 0 Å². The Hall–Kier alpha value is -1.38. The van der Waals surface area contributed by atoms with E-state index >= 15 is 0 Å². The van der Waals surface area contributed by atoms with Crippen LogP contribution >= 0.6 is 0 Å². The minimum atomic E-state index is -0.776. The SMILES string of the molecule is CCCCC[C@@H](O)C#C[C@H]1[C@H](CCCCCCC(=O)O)C(=O)C[C@@H]1O. The molecule has 0 unspecified atom stereocenters. The van der Waals surface area contributed by atoms with Gasteiger partial charge in [0.25, 0.3) is 0 Å². The molecule has 5 nitrogen and oxygen atoms in total. The van der Waals surface area contributed by atoms with Gasteiger partial charge in [0.05, 0.1) is 12.0 Å². The van der Waals surface area contributed by atoms with Crippen molar-refractivity contribution >= 4 is 11.8 Å². The fraction of sp³-hybridized carbons (Fsp3) is 0.800. The first kappa shape index (κ1) is 21.7. The molecular formula is C20H32O5. The first-order valence-electron chi connectivity index (χ1n) is 9.57. The number of rotatable bonds is 11. The van der Waals surface area contributed by atoms with Gasteiger partial charge in [0.15, 0.2) is 0 Å². The quantitative estimate of drug-likeness (QED) is 0.392. The highest BCUT2D eigenvalue weighted by atomic mass is 16.4. The van der Waals surface area contributed by atoms with E-state index in [4.69, 9.17) is 5.11 Å². The van der Waals surface area contributed by atoms with Crippen molar-refractivity contribution in [1.82, 2.24) is 0 Å². The van der Waals surface area contributed by atoms with Crippen molar-refractivity contribution in [3.63, 3.8) is 0 Å². The second-order valence-electron chi connectivity index (χ2n) is 7.02. The number of hydrogen-bond acceptors (Lipinski definition) is 4. The van der Waals surface area contributed by atoms with Crippen LogP contribution in [0.15, 0.2) is 0 Å². The molecule has 0 spiro atoms. The van der Waals surface area contributed by atoms with Gasteiger partial charge in [-0.3, -0.25) is 9.59 Å². The standard InChI is InChI=1S/C20H32O5/c1-2-3-6-9-15(21)12-13-17-16(18(22)14-19(17)23)10-7-4-5-8-11-20(24)25/h15-17,19,21,23H,2-11,14H2,1H3,(H,24,25)/t15-,16+,17+,19+/m1/s1. The van der Waals surface area contributed by atoms with Gasteiger partial charge in [0.2, 0.25) is 0 Å². The number of carbonyl (C=O) groups is 2. The van der Waals surface area contributed by atoms with Gasteiger partial charge in [-0.15, -0.1) is 0 Å². The predicted octanol–water partition coefficient (Wildman–Crippen LogP) is 2.92. The average Bonchev–Trinajstić information content (AvgIpc) is 2.82. The lowest BCUT2D eigenvalue weighted by Gasteiger charge is -2.15. The van der Waals surface area contributed by atoms with Crippen LogP contribution in [0, 0.1) is 23.7 Å². The van der Waals surface area contributed by atoms with E-state index in [0.29, 0.717) is 19.3 Å². The summed E-state index contributed by atoms with van der Waals surface area (Å²) in [6, 6.07) is 0. The molecule has 0 aromatic carbocycles. The molecule has 1 rings (SSSR count). The molecule has 1 saturated carbocycles. The highest BCUT2D eigenvalue weighted by molar-refractivity contribution is 5.84. The second kappa shape index (κ2) is 12.1. The third kappa shape index (κ3) is 8.51. The molecular weight excluding hydrogens is 320 g/mol. The van der Waals surface area contributed by atoms with Gasteiger partial charge in [0.1, 0.15) is 11.9 Å². The summed E-state index contributed by atoms with van der Waals surface area (Å²) in [4.78, 5) is 22.6. The van der Waals surface area contributed by atoms with Gasteiger partial charge >= 0.3 is 5.97 Å². The summed E-state index contributed by atoms with van der Waals surface area (Å²) in [5.41, 5.74) is 0.